The van der Waals surface area contributed by atoms with Crippen LogP contribution in [0.4, 0.5) is 0 Å². The van der Waals surface area contributed by atoms with E-state index in [1.807, 2.05) is 116 Å². The number of benzene rings is 3. The molecule has 5 heteroatoms. The maximum Gasteiger partial charge on any atom is 0.208 e. The molecule has 2 heterocycles. The van der Waals surface area contributed by atoms with Gasteiger partial charge in [-0.3, -0.25) is 4.57 Å². The van der Waals surface area contributed by atoms with Gasteiger partial charge in [-0.2, -0.15) is 0 Å². The molecule has 1 saturated heterocycles. The second kappa shape index (κ2) is 7.19. The van der Waals surface area contributed by atoms with Crippen LogP contribution < -0.4 is 10.6 Å². The Morgan fingerprint density at radius 1 is 0.903 bits per heavy atom. The molecule has 0 aliphatic carbocycles. The molecule has 0 bridgehead atoms. The van der Waals surface area contributed by atoms with Gasteiger partial charge in [0.05, 0.1) is 12.9 Å². The Hall–Kier alpha value is -2.68. The third-order valence-corrected chi connectivity index (χ3v) is 9.13. The van der Waals surface area contributed by atoms with Crippen LogP contribution >= 0.6 is 7.29 Å². The summed E-state index contributed by atoms with van der Waals surface area (Å²) < 4.78 is 32.8. The summed E-state index contributed by atoms with van der Waals surface area (Å²) in [6.07, 6.45) is 0. The summed E-state index contributed by atoms with van der Waals surface area (Å²) in [4.78, 5) is 4.84. The molecule has 0 spiro atoms. The van der Waals surface area contributed by atoms with Crippen molar-refractivity contribution in [2.45, 2.75) is 37.9 Å². The molecule has 2 aliphatic rings. The molecule has 5 rings (SSSR count). The topological polar surface area (TPSA) is 41.7 Å². The Morgan fingerprint density at radius 2 is 1.39 bits per heavy atom. The first-order valence-corrected chi connectivity index (χ1v) is 12.2. The number of ether oxygens (including phenoxy) is 1. The van der Waals surface area contributed by atoms with Gasteiger partial charge < -0.3 is 4.74 Å². The zero-order valence-electron chi connectivity index (χ0n) is 19.0. The quantitative estimate of drug-likeness (QED) is 0.425. The van der Waals surface area contributed by atoms with Crippen LogP contribution in [0.3, 0.4) is 0 Å². The lowest BCUT2D eigenvalue weighted by atomic mass is 10.0. The second-order valence-corrected chi connectivity index (χ2v) is 11.4. The van der Waals surface area contributed by atoms with Gasteiger partial charge in [-0.1, -0.05) is 66.7 Å². The van der Waals surface area contributed by atoms with E-state index in [0.717, 1.165) is 5.56 Å². The van der Waals surface area contributed by atoms with E-state index in [0.29, 0.717) is 23.1 Å². The first-order valence-electron chi connectivity index (χ1n) is 11.1. The van der Waals surface area contributed by atoms with Crippen molar-refractivity contribution in [1.29, 1.82) is 0 Å². The van der Waals surface area contributed by atoms with Crippen LogP contribution in [0.15, 0.2) is 96.0 Å². The number of nitrogens with zero attached hydrogens (tertiary/aromatic N) is 2. The average Bonchev–Trinajstić information content (AvgIpc) is 3.12. The highest BCUT2D eigenvalue weighted by atomic mass is 31.2. The Morgan fingerprint density at radius 3 is 1.84 bits per heavy atom. The molecule has 0 radical (unpaired) electrons. The summed E-state index contributed by atoms with van der Waals surface area (Å²) >= 11 is 0. The molecular weight excluding hydrogens is 403 g/mol. The SMILES string of the molecule is [2H][C@@]1(c2ccccc2)N(P(=O)(c2ccccc2)c2ccccc2)[C@@]1(C)C1=NC(C)(C)CO1. The van der Waals surface area contributed by atoms with Crippen molar-refractivity contribution in [2.24, 2.45) is 4.99 Å². The molecule has 4 nitrogen and oxygen atoms in total. The van der Waals surface area contributed by atoms with E-state index in [9.17, 15) is 1.37 Å². The Kier molecular flexibility index (Phi) is 4.41. The predicted molar refractivity (Wildman–Crippen MR) is 127 cm³/mol. The minimum Gasteiger partial charge on any atom is -0.477 e. The summed E-state index contributed by atoms with van der Waals surface area (Å²) in [5.74, 6) is 0.480. The fraction of sp³-hybridized carbons (Fsp3) is 0.269. The van der Waals surface area contributed by atoms with Crippen molar-refractivity contribution in [2.75, 3.05) is 6.61 Å². The maximum absolute atomic E-state index is 15.2. The molecule has 3 aromatic carbocycles. The van der Waals surface area contributed by atoms with Gasteiger partial charge in [0, 0.05) is 10.6 Å². The first kappa shape index (κ1) is 19.0. The molecule has 2 aliphatic heterocycles. The third kappa shape index (κ3) is 3.17. The monoisotopic (exact) mass is 431 g/mol. The molecule has 158 valence electrons. The second-order valence-electron chi connectivity index (χ2n) is 8.86. The zero-order chi connectivity index (χ0) is 22.6. The van der Waals surface area contributed by atoms with Crippen LogP contribution in [0.5, 0.6) is 0 Å². The van der Waals surface area contributed by atoms with Crippen LogP contribution in [0.1, 0.15) is 33.7 Å². The molecule has 0 aromatic heterocycles. The van der Waals surface area contributed by atoms with Crippen molar-refractivity contribution >= 4 is 23.8 Å². The van der Waals surface area contributed by atoms with E-state index in [1.54, 1.807) is 0 Å². The van der Waals surface area contributed by atoms with E-state index in [-0.39, 0.29) is 5.54 Å². The Labute approximate surface area is 185 Å². The molecule has 0 N–H and O–H groups in total. The number of rotatable bonds is 5. The van der Waals surface area contributed by atoms with Crippen molar-refractivity contribution in [3.05, 3.63) is 96.6 Å². The fourth-order valence-corrected chi connectivity index (χ4v) is 7.61. The summed E-state index contributed by atoms with van der Waals surface area (Å²) in [6, 6.07) is 27.3. The van der Waals surface area contributed by atoms with Crippen molar-refractivity contribution in [3.8, 4) is 0 Å². The molecule has 0 saturated carbocycles. The highest BCUT2D eigenvalue weighted by molar-refractivity contribution is 7.77. The molecule has 0 amide bonds. The average molecular weight is 431 g/mol. The van der Waals surface area contributed by atoms with Crippen LogP contribution in [-0.4, -0.2) is 28.3 Å². The molecule has 31 heavy (non-hydrogen) atoms. The van der Waals surface area contributed by atoms with E-state index in [1.165, 1.54) is 0 Å². The standard InChI is InChI=1S/C26H27N2O2P/c1-25(2)19-30-24(27-25)26(3)23(20-13-7-4-8-14-20)28(26)31(29,21-15-9-5-10-16-21)22-17-11-6-12-18-22/h4-18,23H,19H2,1-3H3/t23-,26+,28?/m0/s1/i23D. The van der Waals surface area contributed by atoms with E-state index < -0.39 is 18.8 Å². The molecule has 3 aromatic rings. The van der Waals surface area contributed by atoms with Gasteiger partial charge in [-0.05, 0) is 50.6 Å². The van der Waals surface area contributed by atoms with Gasteiger partial charge in [-0.25, -0.2) is 9.66 Å². The van der Waals surface area contributed by atoms with Crippen molar-refractivity contribution in [3.63, 3.8) is 0 Å². The predicted octanol–water partition coefficient (Wildman–Crippen LogP) is 4.94. The van der Waals surface area contributed by atoms with Gasteiger partial charge in [0.2, 0.25) is 13.2 Å². The van der Waals surface area contributed by atoms with Gasteiger partial charge >= 0.3 is 0 Å². The summed E-state index contributed by atoms with van der Waals surface area (Å²) in [5, 5.41) is 1.39. The molecule has 3 atom stereocenters. The lowest BCUT2D eigenvalue weighted by Crippen LogP contribution is -2.30. The van der Waals surface area contributed by atoms with Gasteiger partial charge in [0.25, 0.3) is 0 Å². The third-order valence-electron chi connectivity index (χ3n) is 5.97. The summed E-state index contributed by atoms with van der Waals surface area (Å²) in [7, 11) is -3.40. The summed E-state index contributed by atoms with van der Waals surface area (Å²) in [5.41, 5.74) is -0.595. The minimum atomic E-state index is -3.40. The lowest BCUT2D eigenvalue weighted by molar-refractivity contribution is 0.267. The lowest BCUT2D eigenvalue weighted by Gasteiger charge is -2.24. The molecular formula is C26H27N2O2P. The van der Waals surface area contributed by atoms with Crippen molar-refractivity contribution < 1.29 is 10.7 Å². The van der Waals surface area contributed by atoms with Crippen molar-refractivity contribution in [1.82, 2.24) is 4.67 Å². The highest BCUT2D eigenvalue weighted by Gasteiger charge is 2.72. The Bertz CT molecular complexity index is 1170. The largest absolute Gasteiger partial charge is 0.477 e. The fourth-order valence-electron chi connectivity index (χ4n) is 4.41. The smallest absolute Gasteiger partial charge is 0.208 e. The van der Waals surface area contributed by atoms with Gasteiger partial charge in [0.1, 0.15) is 12.1 Å². The van der Waals surface area contributed by atoms with E-state index >= 15 is 4.57 Å². The van der Waals surface area contributed by atoms with E-state index in [2.05, 4.69) is 0 Å². The zero-order valence-corrected chi connectivity index (χ0v) is 18.9. The number of hydrogen-bond donors (Lipinski definition) is 0. The maximum atomic E-state index is 15.2. The number of aliphatic imine (C=N–C) groups is 1. The normalized spacial score (nSPS) is 29.6. The minimum absolute atomic E-state index is 0.381. The highest BCUT2D eigenvalue weighted by Crippen LogP contribution is 2.70. The first-order chi connectivity index (χ1) is 15.2. The van der Waals surface area contributed by atoms with Crippen LogP contribution in [0.2, 0.25) is 0 Å². The molecule has 1 unspecified atom stereocenters. The van der Waals surface area contributed by atoms with E-state index in [4.69, 9.17) is 9.73 Å². The number of hydrogen-bond acceptors (Lipinski definition) is 3. The van der Waals surface area contributed by atoms with Crippen LogP contribution in [0.25, 0.3) is 0 Å². The Balaban J connectivity index is 1.77. The van der Waals surface area contributed by atoms with Gasteiger partial charge in [-0.15, -0.1) is 0 Å². The van der Waals surface area contributed by atoms with Gasteiger partial charge in [0.15, 0.2) is 0 Å². The van der Waals surface area contributed by atoms with Crippen LogP contribution in [-0.2, 0) is 9.30 Å². The molecule has 1 fully saturated rings. The van der Waals surface area contributed by atoms with Crippen LogP contribution in [0, 0.1) is 0 Å². The summed E-state index contributed by atoms with van der Waals surface area (Å²) in [6.45, 7) is 6.40.